The molecule has 29 heavy (non-hydrogen) atoms. The smallest absolute Gasteiger partial charge is 0.204 e. The quantitative estimate of drug-likeness (QED) is 0.668. The van der Waals surface area contributed by atoms with E-state index in [1.54, 1.807) is 18.2 Å². The van der Waals surface area contributed by atoms with Gasteiger partial charge in [-0.1, -0.05) is 6.92 Å². The van der Waals surface area contributed by atoms with Gasteiger partial charge in [-0.3, -0.25) is 9.88 Å². The molecule has 0 bridgehead atoms. The van der Waals surface area contributed by atoms with Crippen LogP contribution in [-0.4, -0.2) is 52.8 Å². The summed E-state index contributed by atoms with van der Waals surface area (Å²) in [4.78, 5) is 17.1. The van der Waals surface area contributed by atoms with Gasteiger partial charge >= 0.3 is 0 Å². The first kappa shape index (κ1) is 19.8. The first-order valence-corrected chi connectivity index (χ1v) is 11.6. The molecule has 1 aliphatic rings. The van der Waals surface area contributed by atoms with Gasteiger partial charge in [-0.25, -0.2) is 13.4 Å². The van der Waals surface area contributed by atoms with Gasteiger partial charge < -0.3 is 9.88 Å². The summed E-state index contributed by atoms with van der Waals surface area (Å²) in [5.41, 5.74) is 2.74. The van der Waals surface area contributed by atoms with Gasteiger partial charge in [0.1, 0.15) is 0 Å². The van der Waals surface area contributed by atoms with Crippen LogP contribution in [0.3, 0.4) is 0 Å². The molecule has 1 N–H and O–H groups in total. The van der Waals surface area contributed by atoms with Crippen molar-refractivity contribution in [1.82, 2.24) is 19.9 Å². The normalized spacial score (nSPS) is 17.3. The van der Waals surface area contributed by atoms with Gasteiger partial charge in [-0.05, 0) is 56.2 Å². The molecule has 0 radical (unpaired) electrons. The van der Waals surface area contributed by atoms with E-state index in [2.05, 4.69) is 33.6 Å². The molecular weight excluding hydrogens is 386 g/mol. The Balaban J connectivity index is 1.58. The SMILES string of the molecule is CCCS(=O)(=O)c1ccc2nc(N3CN(Cc4ccncc4)C(C)(C)C3)[nH]c2c1. The third-order valence-electron chi connectivity index (χ3n) is 5.47. The zero-order valence-electron chi connectivity index (χ0n) is 17.1. The Morgan fingerprint density at radius 1 is 1.17 bits per heavy atom. The topological polar surface area (TPSA) is 82.2 Å². The third kappa shape index (κ3) is 4.00. The Kier molecular flexibility index (Phi) is 5.08. The molecule has 4 rings (SSSR count). The third-order valence-corrected chi connectivity index (χ3v) is 7.39. The summed E-state index contributed by atoms with van der Waals surface area (Å²) in [5, 5.41) is 0. The highest BCUT2D eigenvalue weighted by Crippen LogP contribution is 2.30. The van der Waals surface area contributed by atoms with E-state index in [-0.39, 0.29) is 11.3 Å². The number of H-pyrrole nitrogens is 1. The van der Waals surface area contributed by atoms with E-state index in [0.717, 1.165) is 36.7 Å². The monoisotopic (exact) mass is 413 g/mol. The molecule has 2 aromatic heterocycles. The summed E-state index contributed by atoms with van der Waals surface area (Å²) in [6.45, 7) is 8.75. The number of aromatic nitrogens is 3. The van der Waals surface area contributed by atoms with Crippen LogP contribution >= 0.6 is 0 Å². The van der Waals surface area contributed by atoms with E-state index >= 15 is 0 Å². The van der Waals surface area contributed by atoms with E-state index in [9.17, 15) is 8.42 Å². The number of rotatable bonds is 6. The van der Waals surface area contributed by atoms with Crippen molar-refractivity contribution in [2.75, 3.05) is 23.9 Å². The average Bonchev–Trinajstić information content (AvgIpc) is 3.23. The van der Waals surface area contributed by atoms with Gasteiger partial charge in [0.05, 0.1) is 28.4 Å². The lowest BCUT2D eigenvalue weighted by molar-refractivity contribution is 0.175. The molecule has 1 aliphatic heterocycles. The number of nitrogens with zero attached hydrogens (tertiary/aromatic N) is 4. The molecular formula is C21H27N5O2S. The number of nitrogens with one attached hydrogen (secondary N) is 1. The van der Waals surface area contributed by atoms with Crippen LogP contribution in [0.5, 0.6) is 0 Å². The van der Waals surface area contributed by atoms with Crippen LogP contribution in [0.25, 0.3) is 11.0 Å². The number of sulfone groups is 1. The molecule has 0 aliphatic carbocycles. The van der Waals surface area contributed by atoms with Gasteiger partial charge in [0.25, 0.3) is 0 Å². The standard InChI is InChI=1S/C21H27N5O2S/c1-4-11-29(27,28)17-5-6-18-19(12-17)24-20(23-18)25-14-21(2,3)26(15-25)13-16-7-9-22-10-8-16/h5-10,12H,4,11,13-15H2,1-3H3,(H,23,24). The van der Waals surface area contributed by atoms with Gasteiger partial charge in [-0.2, -0.15) is 0 Å². The zero-order valence-corrected chi connectivity index (χ0v) is 17.9. The van der Waals surface area contributed by atoms with Crippen molar-refractivity contribution < 1.29 is 8.42 Å². The van der Waals surface area contributed by atoms with Crippen molar-refractivity contribution in [3.63, 3.8) is 0 Å². The lowest BCUT2D eigenvalue weighted by atomic mass is 10.0. The Morgan fingerprint density at radius 2 is 1.93 bits per heavy atom. The highest BCUT2D eigenvalue weighted by molar-refractivity contribution is 7.91. The predicted molar refractivity (Wildman–Crippen MR) is 115 cm³/mol. The second-order valence-electron chi connectivity index (χ2n) is 8.26. The Morgan fingerprint density at radius 3 is 2.66 bits per heavy atom. The lowest BCUT2D eigenvalue weighted by Crippen LogP contribution is -2.39. The van der Waals surface area contributed by atoms with E-state index in [4.69, 9.17) is 4.98 Å². The molecule has 154 valence electrons. The van der Waals surface area contributed by atoms with E-state index in [1.165, 1.54) is 5.56 Å². The second kappa shape index (κ2) is 7.42. The second-order valence-corrected chi connectivity index (χ2v) is 10.4. The summed E-state index contributed by atoms with van der Waals surface area (Å²) in [6, 6.07) is 9.22. The van der Waals surface area contributed by atoms with Crippen LogP contribution in [0.2, 0.25) is 0 Å². The highest BCUT2D eigenvalue weighted by atomic mass is 32.2. The zero-order chi connectivity index (χ0) is 20.6. The number of benzene rings is 1. The highest BCUT2D eigenvalue weighted by Gasteiger charge is 2.38. The van der Waals surface area contributed by atoms with Crippen molar-refractivity contribution in [2.24, 2.45) is 0 Å². The van der Waals surface area contributed by atoms with E-state index in [0.29, 0.717) is 11.3 Å². The van der Waals surface area contributed by atoms with Crippen molar-refractivity contribution in [2.45, 2.75) is 44.2 Å². The van der Waals surface area contributed by atoms with Crippen LogP contribution in [0.4, 0.5) is 5.95 Å². The molecule has 1 fully saturated rings. The van der Waals surface area contributed by atoms with Crippen molar-refractivity contribution in [1.29, 1.82) is 0 Å². The number of aromatic amines is 1. The number of imidazole rings is 1. The molecule has 1 aromatic carbocycles. The summed E-state index contributed by atoms with van der Waals surface area (Å²) in [5.74, 6) is 0.930. The van der Waals surface area contributed by atoms with E-state index < -0.39 is 9.84 Å². The van der Waals surface area contributed by atoms with Gasteiger partial charge in [-0.15, -0.1) is 0 Å². The number of anilines is 1. The average molecular weight is 414 g/mol. The van der Waals surface area contributed by atoms with Crippen molar-refractivity contribution in [3.8, 4) is 0 Å². The fourth-order valence-electron chi connectivity index (χ4n) is 3.83. The fraction of sp³-hybridized carbons (Fsp3) is 0.429. The Hall–Kier alpha value is -2.45. The largest absolute Gasteiger partial charge is 0.328 e. The summed E-state index contributed by atoms with van der Waals surface area (Å²) >= 11 is 0. The summed E-state index contributed by atoms with van der Waals surface area (Å²) in [6.07, 6.45) is 4.24. The first-order chi connectivity index (χ1) is 13.8. The maximum Gasteiger partial charge on any atom is 0.204 e. The maximum absolute atomic E-state index is 12.4. The molecule has 3 aromatic rings. The number of fused-ring (bicyclic) bond motifs is 1. The minimum atomic E-state index is -3.25. The van der Waals surface area contributed by atoms with Crippen LogP contribution < -0.4 is 4.90 Å². The van der Waals surface area contributed by atoms with Crippen LogP contribution in [0.15, 0.2) is 47.6 Å². The van der Waals surface area contributed by atoms with Crippen LogP contribution in [-0.2, 0) is 16.4 Å². The molecule has 8 heteroatoms. The van der Waals surface area contributed by atoms with E-state index in [1.807, 2.05) is 31.5 Å². The van der Waals surface area contributed by atoms with Crippen LogP contribution in [0.1, 0.15) is 32.8 Å². The molecule has 1 saturated heterocycles. The number of pyridine rings is 1. The van der Waals surface area contributed by atoms with Gasteiger partial charge in [0.2, 0.25) is 5.95 Å². The minimum Gasteiger partial charge on any atom is -0.328 e. The Labute approximate surface area is 171 Å². The van der Waals surface area contributed by atoms with Gasteiger partial charge in [0, 0.05) is 31.0 Å². The van der Waals surface area contributed by atoms with Crippen molar-refractivity contribution >= 4 is 26.8 Å². The minimum absolute atomic E-state index is 0.0160. The first-order valence-electron chi connectivity index (χ1n) is 9.90. The molecule has 0 spiro atoms. The summed E-state index contributed by atoms with van der Waals surface area (Å²) < 4.78 is 24.8. The lowest BCUT2D eigenvalue weighted by Gasteiger charge is -2.29. The van der Waals surface area contributed by atoms with Crippen LogP contribution in [0, 0.1) is 0 Å². The predicted octanol–water partition coefficient (Wildman–Crippen LogP) is 3.20. The number of hydrogen-bond donors (Lipinski definition) is 1. The molecule has 0 atom stereocenters. The maximum atomic E-state index is 12.4. The molecule has 3 heterocycles. The number of hydrogen-bond acceptors (Lipinski definition) is 6. The Bertz CT molecular complexity index is 1110. The fourth-order valence-corrected chi connectivity index (χ4v) is 5.18. The van der Waals surface area contributed by atoms with Crippen molar-refractivity contribution in [3.05, 3.63) is 48.3 Å². The van der Waals surface area contributed by atoms with Gasteiger partial charge in [0.15, 0.2) is 9.84 Å². The molecule has 0 saturated carbocycles. The molecule has 0 amide bonds. The summed E-state index contributed by atoms with van der Waals surface area (Å²) in [7, 11) is -3.25. The molecule has 7 nitrogen and oxygen atoms in total. The molecule has 0 unspecified atom stereocenters.